The summed E-state index contributed by atoms with van der Waals surface area (Å²) in [6, 6.07) is 17.3. The minimum absolute atomic E-state index is 0.00348. The van der Waals surface area contributed by atoms with Gasteiger partial charge in [-0.3, -0.25) is 9.88 Å². The van der Waals surface area contributed by atoms with E-state index in [0.29, 0.717) is 0 Å². The van der Waals surface area contributed by atoms with Crippen molar-refractivity contribution in [3.8, 4) is 5.69 Å². The average molecular weight is 490 g/mol. The molecule has 1 N–H and O–H groups in total. The van der Waals surface area contributed by atoms with Gasteiger partial charge in [-0.2, -0.15) is 0 Å². The van der Waals surface area contributed by atoms with Crippen LogP contribution < -0.4 is 5.32 Å². The fraction of sp³-hybridized carbons (Fsp3) is 0.429. The Kier molecular flexibility index (Phi) is 7.18. The number of thiocarbonyl (C=S) groups is 1. The van der Waals surface area contributed by atoms with Crippen molar-refractivity contribution < 1.29 is 4.74 Å². The molecule has 6 nitrogen and oxygen atoms in total. The second kappa shape index (κ2) is 10.5. The molecule has 2 saturated heterocycles. The van der Waals surface area contributed by atoms with E-state index in [2.05, 4.69) is 82.9 Å². The van der Waals surface area contributed by atoms with Gasteiger partial charge < -0.3 is 19.5 Å². The van der Waals surface area contributed by atoms with Gasteiger partial charge in [-0.15, -0.1) is 0 Å². The highest BCUT2D eigenvalue weighted by atomic mass is 32.1. The van der Waals surface area contributed by atoms with E-state index in [0.717, 1.165) is 56.6 Å². The van der Waals surface area contributed by atoms with Crippen molar-refractivity contribution in [1.29, 1.82) is 0 Å². The lowest BCUT2D eigenvalue weighted by atomic mass is 9.96. The van der Waals surface area contributed by atoms with E-state index in [1.54, 1.807) is 0 Å². The molecule has 184 valence electrons. The Hall–Kier alpha value is -2.74. The first-order chi connectivity index (χ1) is 17.1. The molecule has 0 radical (unpaired) electrons. The lowest BCUT2D eigenvalue weighted by Gasteiger charge is -2.32. The van der Waals surface area contributed by atoms with Gasteiger partial charge in [0.1, 0.15) is 0 Å². The number of para-hydroxylation sites is 1. The molecule has 2 aromatic heterocycles. The van der Waals surface area contributed by atoms with E-state index in [9.17, 15) is 0 Å². The number of pyridine rings is 1. The van der Waals surface area contributed by atoms with Crippen LogP contribution in [0.25, 0.3) is 5.69 Å². The summed E-state index contributed by atoms with van der Waals surface area (Å²) < 4.78 is 7.95. The summed E-state index contributed by atoms with van der Waals surface area (Å²) in [5.41, 5.74) is 7.44. The third kappa shape index (κ3) is 4.73. The smallest absolute Gasteiger partial charge is 0.170 e. The summed E-state index contributed by atoms with van der Waals surface area (Å²) in [6.45, 7) is 12.1. The Morgan fingerprint density at radius 2 is 1.83 bits per heavy atom. The molecule has 1 aromatic carbocycles. The highest BCUT2D eigenvalue weighted by molar-refractivity contribution is 7.80. The molecule has 0 unspecified atom stereocenters. The van der Waals surface area contributed by atoms with Crippen LogP contribution >= 0.6 is 12.2 Å². The summed E-state index contributed by atoms with van der Waals surface area (Å²) in [4.78, 5) is 9.56. The SMILES string of the molecule is CCc1ccccc1-n1c(C)cc([C@H]2[C@@H](c3ccccn3)NC(=S)N2CCN2CCOCC2)c1C. The minimum atomic E-state index is 0.00348. The number of benzene rings is 1. The highest BCUT2D eigenvalue weighted by Crippen LogP contribution is 2.41. The molecule has 2 aliphatic heterocycles. The van der Waals surface area contributed by atoms with Crippen molar-refractivity contribution in [2.75, 3.05) is 39.4 Å². The van der Waals surface area contributed by atoms with Gasteiger partial charge >= 0.3 is 0 Å². The minimum Gasteiger partial charge on any atom is -0.379 e. The Bertz CT molecular complexity index is 1170. The zero-order chi connectivity index (χ0) is 24.4. The Morgan fingerprint density at radius 3 is 2.57 bits per heavy atom. The maximum Gasteiger partial charge on any atom is 0.170 e. The van der Waals surface area contributed by atoms with Crippen molar-refractivity contribution in [2.45, 2.75) is 39.3 Å². The van der Waals surface area contributed by atoms with E-state index in [4.69, 9.17) is 21.9 Å². The standard InChI is InChI=1S/C28H35N5OS/c1-4-22-9-5-6-11-25(22)33-20(2)19-23(21(33)3)27-26(24-10-7-8-12-29-24)30-28(35)32(27)14-13-31-15-17-34-18-16-31/h5-12,19,26-27H,4,13-18H2,1-3H3,(H,30,35)/t26-,27+/m1/s1. The van der Waals surface area contributed by atoms with Gasteiger partial charge in [0.25, 0.3) is 0 Å². The number of hydrogen-bond donors (Lipinski definition) is 1. The molecule has 4 heterocycles. The number of ether oxygens (including phenoxy) is 1. The molecule has 3 aromatic rings. The average Bonchev–Trinajstić information content (AvgIpc) is 3.38. The first-order valence-electron chi connectivity index (χ1n) is 12.6. The van der Waals surface area contributed by atoms with E-state index in [-0.39, 0.29) is 12.1 Å². The molecule has 2 fully saturated rings. The van der Waals surface area contributed by atoms with E-state index >= 15 is 0 Å². The van der Waals surface area contributed by atoms with Gasteiger partial charge in [0, 0.05) is 49.5 Å². The van der Waals surface area contributed by atoms with Crippen LogP contribution in [0.15, 0.2) is 54.7 Å². The van der Waals surface area contributed by atoms with Crippen molar-refractivity contribution in [3.05, 3.63) is 82.9 Å². The maximum absolute atomic E-state index is 5.91. The summed E-state index contributed by atoms with van der Waals surface area (Å²) in [6.07, 6.45) is 2.87. The van der Waals surface area contributed by atoms with Gasteiger partial charge in [-0.25, -0.2) is 0 Å². The zero-order valence-corrected chi connectivity index (χ0v) is 21.7. The number of hydrogen-bond acceptors (Lipinski definition) is 4. The molecule has 0 aliphatic carbocycles. The largest absolute Gasteiger partial charge is 0.379 e. The molecule has 5 rings (SSSR count). The lowest BCUT2D eigenvalue weighted by molar-refractivity contribution is 0.0350. The Labute approximate surface area is 213 Å². The van der Waals surface area contributed by atoms with Crippen LogP contribution in [0.2, 0.25) is 0 Å². The predicted octanol–water partition coefficient (Wildman–Crippen LogP) is 4.36. The number of aromatic nitrogens is 2. The van der Waals surface area contributed by atoms with Crippen LogP contribution in [-0.4, -0.2) is 63.9 Å². The summed E-state index contributed by atoms with van der Waals surface area (Å²) in [7, 11) is 0. The first kappa shape index (κ1) is 24.0. The molecule has 0 spiro atoms. The Balaban J connectivity index is 1.54. The van der Waals surface area contributed by atoms with Crippen LogP contribution in [0.4, 0.5) is 0 Å². The van der Waals surface area contributed by atoms with Gasteiger partial charge in [-0.05, 0) is 67.9 Å². The third-order valence-electron chi connectivity index (χ3n) is 7.36. The fourth-order valence-corrected chi connectivity index (χ4v) is 5.88. The second-order valence-corrected chi connectivity index (χ2v) is 9.80. The van der Waals surface area contributed by atoms with Crippen molar-refractivity contribution >= 4 is 17.3 Å². The molecule has 2 aliphatic rings. The van der Waals surface area contributed by atoms with Gasteiger partial charge in [0.15, 0.2) is 5.11 Å². The monoisotopic (exact) mass is 489 g/mol. The molecule has 35 heavy (non-hydrogen) atoms. The van der Waals surface area contributed by atoms with Crippen LogP contribution in [0.1, 0.15) is 47.2 Å². The number of rotatable bonds is 7. The molecular weight excluding hydrogens is 454 g/mol. The summed E-state index contributed by atoms with van der Waals surface area (Å²) in [5, 5.41) is 4.42. The zero-order valence-electron chi connectivity index (χ0n) is 20.9. The molecule has 0 amide bonds. The number of nitrogens with one attached hydrogen (secondary N) is 1. The van der Waals surface area contributed by atoms with Crippen molar-refractivity contribution in [3.63, 3.8) is 0 Å². The molecule has 0 saturated carbocycles. The number of nitrogens with zero attached hydrogens (tertiary/aromatic N) is 4. The van der Waals surface area contributed by atoms with Gasteiger partial charge in [-0.1, -0.05) is 31.2 Å². The van der Waals surface area contributed by atoms with E-state index in [1.165, 1.54) is 28.2 Å². The summed E-state index contributed by atoms with van der Waals surface area (Å²) >= 11 is 5.91. The lowest BCUT2D eigenvalue weighted by Crippen LogP contribution is -2.42. The van der Waals surface area contributed by atoms with Crippen LogP contribution in [-0.2, 0) is 11.2 Å². The van der Waals surface area contributed by atoms with Gasteiger partial charge in [0.2, 0.25) is 0 Å². The first-order valence-corrected chi connectivity index (χ1v) is 13.0. The second-order valence-electron chi connectivity index (χ2n) is 9.42. The quantitative estimate of drug-likeness (QED) is 0.498. The molecule has 0 bridgehead atoms. The number of aryl methyl sites for hydroxylation is 2. The van der Waals surface area contributed by atoms with Crippen LogP contribution in [0, 0.1) is 13.8 Å². The van der Waals surface area contributed by atoms with Crippen molar-refractivity contribution in [2.24, 2.45) is 0 Å². The fourth-order valence-electron chi connectivity index (χ4n) is 5.54. The van der Waals surface area contributed by atoms with Crippen molar-refractivity contribution in [1.82, 2.24) is 24.7 Å². The molecular formula is C28H35N5OS. The number of morpholine rings is 1. The topological polar surface area (TPSA) is 45.6 Å². The maximum atomic E-state index is 5.91. The summed E-state index contributed by atoms with van der Waals surface area (Å²) in [5.74, 6) is 0. The third-order valence-corrected chi connectivity index (χ3v) is 7.71. The van der Waals surface area contributed by atoms with Crippen LogP contribution in [0.3, 0.4) is 0 Å². The van der Waals surface area contributed by atoms with E-state index in [1.807, 2.05) is 12.3 Å². The predicted molar refractivity (Wildman–Crippen MR) is 144 cm³/mol. The molecule has 2 atom stereocenters. The van der Waals surface area contributed by atoms with E-state index < -0.39 is 0 Å². The molecule has 7 heteroatoms. The highest BCUT2D eigenvalue weighted by Gasteiger charge is 2.41. The van der Waals surface area contributed by atoms with Crippen LogP contribution in [0.5, 0.6) is 0 Å². The normalized spacial score (nSPS) is 20.9. The Morgan fingerprint density at radius 1 is 1.06 bits per heavy atom. The van der Waals surface area contributed by atoms with Gasteiger partial charge in [0.05, 0.1) is 31.0 Å².